The molecule has 0 bridgehead atoms. The van der Waals surface area contributed by atoms with E-state index < -0.39 is 0 Å². The fourth-order valence-corrected chi connectivity index (χ4v) is 3.53. The van der Waals surface area contributed by atoms with E-state index in [-0.39, 0.29) is 0 Å². The molecular formula is C8H7NS2. The lowest BCUT2D eigenvalue weighted by Crippen LogP contribution is -1.95. The van der Waals surface area contributed by atoms with Gasteiger partial charge >= 0.3 is 0 Å². The average molecular weight is 181 g/mol. The molecule has 1 aliphatic rings. The predicted octanol–water partition coefficient (Wildman–Crippen LogP) is 2.66. The third kappa shape index (κ3) is 1.17. The summed E-state index contributed by atoms with van der Waals surface area (Å²) in [6, 6.07) is 2.23. The standard InChI is InChI=1S/C8H7NS2/c9-4-6-5-11-8-7(6)2-1-3-10-8/h5H,1-3H2. The molecule has 0 aliphatic carbocycles. The number of nitriles is 1. The van der Waals surface area contributed by atoms with E-state index in [1.807, 2.05) is 17.1 Å². The molecular weight excluding hydrogens is 174 g/mol. The molecule has 0 fully saturated rings. The lowest BCUT2D eigenvalue weighted by Gasteiger charge is -2.09. The molecule has 11 heavy (non-hydrogen) atoms. The van der Waals surface area contributed by atoms with Crippen molar-refractivity contribution < 1.29 is 0 Å². The molecule has 1 aliphatic heterocycles. The topological polar surface area (TPSA) is 23.8 Å². The largest absolute Gasteiger partial charge is 0.192 e. The van der Waals surface area contributed by atoms with Gasteiger partial charge in [0.15, 0.2) is 0 Å². The smallest absolute Gasteiger partial charge is 0.100 e. The van der Waals surface area contributed by atoms with Gasteiger partial charge < -0.3 is 0 Å². The molecule has 0 atom stereocenters. The molecule has 0 saturated carbocycles. The molecule has 0 saturated heterocycles. The summed E-state index contributed by atoms with van der Waals surface area (Å²) in [5, 5.41) is 10.7. The van der Waals surface area contributed by atoms with Crippen molar-refractivity contribution in [2.24, 2.45) is 0 Å². The number of rotatable bonds is 0. The van der Waals surface area contributed by atoms with Crippen molar-refractivity contribution in [3.63, 3.8) is 0 Å². The molecule has 0 aromatic carbocycles. The summed E-state index contributed by atoms with van der Waals surface area (Å²) in [6.45, 7) is 0. The van der Waals surface area contributed by atoms with Crippen LogP contribution < -0.4 is 0 Å². The van der Waals surface area contributed by atoms with Crippen LogP contribution in [0.2, 0.25) is 0 Å². The maximum absolute atomic E-state index is 8.73. The number of thiophene rings is 1. The molecule has 56 valence electrons. The third-order valence-corrected chi connectivity index (χ3v) is 4.24. The van der Waals surface area contributed by atoms with Crippen molar-refractivity contribution in [2.75, 3.05) is 5.75 Å². The lowest BCUT2D eigenvalue weighted by atomic mass is 10.1. The SMILES string of the molecule is N#Cc1csc2c1CCCS2. The second-order valence-corrected chi connectivity index (χ2v) is 4.72. The van der Waals surface area contributed by atoms with E-state index in [0.717, 1.165) is 12.0 Å². The van der Waals surface area contributed by atoms with Crippen LogP contribution in [0, 0.1) is 11.3 Å². The summed E-state index contributed by atoms with van der Waals surface area (Å²) >= 11 is 3.61. The van der Waals surface area contributed by atoms with Gasteiger partial charge in [-0.15, -0.1) is 23.1 Å². The molecule has 2 rings (SSSR count). The fourth-order valence-electron chi connectivity index (χ4n) is 1.23. The van der Waals surface area contributed by atoms with Crippen LogP contribution in [0.4, 0.5) is 0 Å². The van der Waals surface area contributed by atoms with E-state index in [9.17, 15) is 0 Å². The first-order chi connectivity index (χ1) is 5.42. The first kappa shape index (κ1) is 7.20. The highest BCUT2D eigenvalue weighted by molar-refractivity contribution is 8.01. The molecule has 3 heteroatoms. The molecule has 1 nitrogen and oxygen atoms in total. The second kappa shape index (κ2) is 2.88. The number of hydrogen-bond acceptors (Lipinski definition) is 3. The monoisotopic (exact) mass is 181 g/mol. The van der Waals surface area contributed by atoms with Crippen LogP contribution in [-0.2, 0) is 6.42 Å². The Morgan fingerprint density at radius 1 is 1.55 bits per heavy atom. The van der Waals surface area contributed by atoms with Gasteiger partial charge in [-0.1, -0.05) is 0 Å². The Labute approximate surface area is 74.0 Å². The Morgan fingerprint density at radius 3 is 3.27 bits per heavy atom. The minimum absolute atomic E-state index is 0.900. The second-order valence-electron chi connectivity index (χ2n) is 2.48. The van der Waals surface area contributed by atoms with Crippen LogP contribution in [-0.4, -0.2) is 5.75 Å². The van der Waals surface area contributed by atoms with E-state index in [1.165, 1.54) is 21.9 Å². The van der Waals surface area contributed by atoms with Gasteiger partial charge in [-0.25, -0.2) is 0 Å². The summed E-state index contributed by atoms with van der Waals surface area (Å²) in [5.41, 5.74) is 2.20. The van der Waals surface area contributed by atoms with Gasteiger partial charge in [-0.05, 0) is 24.2 Å². The van der Waals surface area contributed by atoms with E-state index in [1.54, 1.807) is 11.3 Å². The summed E-state index contributed by atoms with van der Waals surface area (Å²) in [7, 11) is 0. The number of nitrogens with zero attached hydrogens (tertiary/aromatic N) is 1. The summed E-state index contributed by atoms with van der Waals surface area (Å²) in [4.78, 5) is 0. The van der Waals surface area contributed by atoms with Gasteiger partial charge in [0.1, 0.15) is 6.07 Å². The normalized spacial score (nSPS) is 15.5. The summed E-state index contributed by atoms with van der Waals surface area (Å²) in [6.07, 6.45) is 2.33. The van der Waals surface area contributed by atoms with Gasteiger partial charge in [0.2, 0.25) is 0 Å². The Balaban J connectivity index is 2.48. The average Bonchev–Trinajstić information content (AvgIpc) is 2.47. The Bertz CT molecular complexity index is 308. The maximum atomic E-state index is 8.73. The molecule has 1 aromatic heterocycles. The summed E-state index contributed by atoms with van der Waals surface area (Å²) in [5.74, 6) is 1.22. The Kier molecular flexibility index (Phi) is 1.89. The van der Waals surface area contributed by atoms with Gasteiger partial charge in [-0.3, -0.25) is 0 Å². The highest BCUT2D eigenvalue weighted by atomic mass is 32.2. The molecule has 1 aromatic rings. The van der Waals surface area contributed by atoms with E-state index >= 15 is 0 Å². The van der Waals surface area contributed by atoms with Crippen LogP contribution in [0.25, 0.3) is 0 Å². The van der Waals surface area contributed by atoms with Gasteiger partial charge in [0, 0.05) is 5.38 Å². The first-order valence-corrected chi connectivity index (χ1v) is 5.41. The van der Waals surface area contributed by atoms with Crippen molar-refractivity contribution in [1.29, 1.82) is 5.26 Å². The minimum Gasteiger partial charge on any atom is -0.192 e. The van der Waals surface area contributed by atoms with Crippen LogP contribution >= 0.6 is 23.1 Å². The highest BCUT2D eigenvalue weighted by Crippen LogP contribution is 2.36. The van der Waals surface area contributed by atoms with Crippen LogP contribution in [0.5, 0.6) is 0 Å². The fraction of sp³-hybridized carbons (Fsp3) is 0.375. The highest BCUT2D eigenvalue weighted by Gasteiger charge is 2.15. The van der Waals surface area contributed by atoms with Gasteiger partial charge in [0.05, 0.1) is 9.77 Å². The zero-order chi connectivity index (χ0) is 7.68. The van der Waals surface area contributed by atoms with Crippen LogP contribution in [0.1, 0.15) is 17.5 Å². The molecule has 0 N–H and O–H groups in total. The molecule has 0 radical (unpaired) electrons. The lowest BCUT2D eigenvalue weighted by molar-refractivity contribution is 0.901. The zero-order valence-corrected chi connectivity index (χ0v) is 7.60. The quantitative estimate of drug-likeness (QED) is 0.614. The van der Waals surface area contributed by atoms with Crippen molar-refractivity contribution >= 4 is 23.1 Å². The zero-order valence-electron chi connectivity index (χ0n) is 5.96. The Hall–Kier alpha value is -0.460. The number of thioether (sulfide) groups is 1. The Morgan fingerprint density at radius 2 is 2.45 bits per heavy atom. The molecule has 0 spiro atoms. The van der Waals surface area contributed by atoms with Crippen molar-refractivity contribution in [3.8, 4) is 6.07 Å². The summed E-state index contributed by atoms with van der Waals surface area (Å²) < 4.78 is 1.37. The number of hydrogen-bond donors (Lipinski definition) is 0. The van der Waals surface area contributed by atoms with Crippen molar-refractivity contribution in [3.05, 3.63) is 16.5 Å². The van der Waals surface area contributed by atoms with Crippen LogP contribution in [0.3, 0.4) is 0 Å². The molecule has 0 amide bonds. The van der Waals surface area contributed by atoms with Crippen molar-refractivity contribution in [2.45, 2.75) is 17.1 Å². The van der Waals surface area contributed by atoms with E-state index in [2.05, 4.69) is 6.07 Å². The van der Waals surface area contributed by atoms with Gasteiger partial charge in [-0.2, -0.15) is 5.26 Å². The molecule has 2 heterocycles. The third-order valence-electron chi connectivity index (χ3n) is 1.78. The number of fused-ring (bicyclic) bond motifs is 1. The predicted molar refractivity (Wildman–Crippen MR) is 48.1 cm³/mol. The minimum atomic E-state index is 0.900. The first-order valence-electron chi connectivity index (χ1n) is 3.55. The van der Waals surface area contributed by atoms with E-state index in [4.69, 9.17) is 5.26 Å². The van der Waals surface area contributed by atoms with E-state index in [0.29, 0.717) is 0 Å². The molecule has 0 unspecified atom stereocenters. The van der Waals surface area contributed by atoms with Crippen LogP contribution in [0.15, 0.2) is 9.59 Å². The van der Waals surface area contributed by atoms with Gasteiger partial charge in [0.25, 0.3) is 0 Å². The maximum Gasteiger partial charge on any atom is 0.100 e. The van der Waals surface area contributed by atoms with Crippen molar-refractivity contribution in [1.82, 2.24) is 0 Å².